The number of aryl methyl sites for hydroxylation is 1. The lowest BCUT2D eigenvalue weighted by Gasteiger charge is -2.26. The van der Waals surface area contributed by atoms with Crippen molar-refractivity contribution in [3.05, 3.63) is 40.5 Å². The van der Waals surface area contributed by atoms with Gasteiger partial charge in [0.25, 0.3) is 5.91 Å². The summed E-state index contributed by atoms with van der Waals surface area (Å²) in [6, 6.07) is 7.19. The molecule has 1 fully saturated rings. The highest BCUT2D eigenvalue weighted by atomic mass is 35.5. The Morgan fingerprint density at radius 1 is 1.23 bits per heavy atom. The van der Waals surface area contributed by atoms with E-state index in [0.29, 0.717) is 16.3 Å². The molecule has 1 amide bonds. The quantitative estimate of drug-likeness (QED) is 0.820. The normalized spacial score (nSPS) is 20.0. The number of hydrogen-bond donors (Lipinski definition) is 1. The van der Waals surface area contributed by atoms with E-state index in [-0.39, 0.29) is 18.6 Å². The van der Waals surface area contributed by atoms with Crippen molar-refractivity contribution in [1.82, 2.24) is 10.3 Å². The van der Waals surface area contributed by atoms with E-state index in [0.717, 1.165) is 42.5 Å². The zero-order valence-electron chi connectivity index (χ0n) is 15.0. The van der Waals surface area contributed by atoms with Gasteiger partial charge in [-0.3, -0.25) is 9.78 Å². The molecule has 1 N–H and O–H groups in total. The molecule has 1 aliphatic rings. The average molecular weight is 375 g/mol. The van der Waals surface area contributed by atoms with Crippen molar-refractivity contribution in [2.24, 2.45) is 5.92 Å². The number of halogens is 1. The summed E-state index contributed by atoms with van der Waals surface area (Å²) in [6.45, 7) is 3.69. The van der Waals surface area contributed by atoms with Crippen LogP contribution in [-0.2, 0) is 9.53 Å². The van der Waals surface area contributed by atoms with Crippen LogP contribution < -0.4 is 5.32 Å². The van der Waals surface area contributed by atoms with Crippen LogP contribution in [-0.4, -0.2) is 29.5 Å². The number of esters is 1. The smallest absolute Gasteiger partial charge is 0.340 e. The Morgan fingerprint density at radius 3 is 2.69 bits per heavy atom. The van der Waals surface area contributed by atoms with Gasteiger partial charge < -0.3 is 10.1 Å². The Labute approximate surface area is 158 Å². The summed E-state index contributed by atoms with van der Waals surface area (Å²) < 4.78 is 5.19. The van der Waals surface area contributed by atoms with Crippen LogP contribution in [0.15, 0.2) is 24.3 Å². The molecule has 1 saturated carbocycles. The van der Waals surface area contributed by atoms with E-state index in [1.165, 1.54) is 0 Å². The fraction of sp³-hybridized carbons (Fsp3) is 0.450. The van der Waals surface area contributed by atoms with Crippen LogP contribution in [0.3, 0.4) is 0 Å². The summed E-state index contributed by atoms with van der Waals surface area (Å²) in [5.74, 6) is -0.0884. The van der Waals surface area contributed by atoms with Crippen LogP contribution in [0.4, 0.5) is 0 Å². The van der Waals surface area contributed by atoms with Crippen LogP contribution in [0, 0.1) is 12.8 Å². The van der Waals surface area contributed by atoms with Gasteiger partial charge in [0.05, 0.1) is 16.8 Å². The molecule has 2 aromatic rings. The fourth-order valence-corrected chi connectivity index (χ4v) is 3.51. The molecule has 0 atom stereocenters. The van der Waals surface area contributed by atoms with E-state index < -0.39 is 5.97 Å². The van der Waals surface area contributed by atoms with Gasteiger partial charge >= 0.3 is 5.97 Å². The zero-order valence-corrected chi connectivity index (χ0v) is 15.8. The van der Waals surface area contributed by atoms with Crippen LogP contribution >= 0.6 is 11.6 Å². The lowest BCUT2D eigenvalue weighted by molar-refractivity contribution is -0.125. The third-order valence-electron chi connectivity index (χ3n) is 4.90. The van der Waals surface area contributed by atoms with Crippen molar-refractivity contribution >= 4 is 34.4 Å². The van der Waals surface area contributed by atoms with Gasteiger partial charge in [-0.25, -0.2) is 4.79 Å². The number of nitrogens with zero attached hydrogens (tertiary/aromatic N) is 1. The Bertz CT molecular complexity index is 829. The predicted octanol–water partition coefficient (Wildman–Crippen LogP) is 4.05. The highest BCUT2D eigenvalue weighted by Crippen LogP contribution is 2.23. The Hall–Kier alpha value is -2.14. The van der Waals surface area contributed by atoms with Crippen LogP contribution in [0.25, 0.3) is 10.9 Å². The molecule has 5 nitrogen and oxygen atoms in total. The van der Waals surface area contributed by atoms with Crippen LogP contribution in [0.1, 0.15) is 48.7 Å². The van der Waals surface area contributed by atoms with E-state index in [1.54, 1.807) is 31.2 Å². The maximum atomic E-state index is 12.4. The second-order valence-corrected chi connectivity index (χ2v) is 7.50. The van der Waals surface area contributed by atoms with Gasteiger partial charge in [0.1, 0.15) is 0 Å². The van der Waals surface area contributed by atoms with E-state index in [1.807, 2.05) is 0 Å². The predicted molar refractivity (Wildman–Crippen MR) is 101 cm³/mol. The van der Waals surface area contributed by atoms with Crippen LogP contribution in [0.2, 0.25) is 5.02 Å². The monoisotopic (exact) mass is 374 g/mol. The summed E-state index contributed by atoms with van der Waals surface area (Å²) in [6.07, 6.45) is 4.20. The number of pyridine rings is 1. The number of amides is 1. The molecule has 0 radical (unpaired) electrons. The van der Waals surface area contributed by atoms with E-state index >= 15 is 0 Å². The molecule has 0 bridgehead atoms. The van der Waals surface area contributed by atoms with Gasteiger partial charge in [-0.2, -0.15) is 0 Å². The SMILES string of the molecule is Cc1nc2ccc(Cl)cc2cc1C(=O)OCC(=O)NC1CCC(C)CC1. The first kappa shape index (κ1) is 18.6. The molecule has 26 heavy (non-hydrogen) atoms. The van der Waals surface area contributed by atoms with Gasteiger partial charge in [-0.1, -0.05) is 18.5 Å². The lowest BCUT2D eigenvalue weighted by Crippen LogP contribution is -2.39. The minimum Gasteiger partial charge on any atom is -0.452 e. The van der Waals surface area contributed by atoms with Crippen molar-refractivity contribution in [3.63, 3.8) is 0 Å². The third-order valence-corrected chi connectivity index (χ3v) is 5.14. The minimum absolute atomic E-state index is 0.184. The average Bonchev–Trinajstić information content (AvgIpc) is 2.61. The first-order valence-electron chi connectivity index (χ1n) is 8.96. The molecular weight excluding hydrogens is 352 g/mol. The molecule has 1 heterocycles. The van der Waals surface area contributed by atoms with E-state index in [2.05, 4.69) is 17.2 Å². The Morgan fingerprint density at radius 2 is 1.96 bits per heavy atom. The molecule has 3 rings (SSSR count). The van der Waals surface area contributed by atoms with Gasteiger partial charge in [-0.15, -0.1) is 0 Å². The standard InChI is InChI=1S/C20H23ClN2O3/c1-12-3-6-16(7-4-12)23-19(24)11-26-20(25)17-10-14-9-15(21)5-8-18(14)22-13(17)2/h5,8-10,12,16H,3-4,6-7,11H2,1-2H3,(H,23,24). The van der Waals surface area contributed by atoms with Gasteiger partial charge in [0.2, 0.25) is 0 Å². The molecule has 1 aromatic carbocycles. The number of rotatable bonds is 4. The molecule has 0 spiro atoms. The van der Waals surface area contributed by atoms with Crippen molar-refractivity contribution in [3.8, 4) is 0 Å². The summed E-state index contributed by atoms with van der Waals surface area (Å²) in [5, 5.41) is 4.28. The number of ether oxygens (including phenoxy) is 1. The summed E-state index contributed by atoms with van der Waals surface area (Å²) in [5.41, 5.74) is 1.67. The summed E-state index contributed by atoms with van der Waals surface area (Å²) in [7, 11) is 0. The van der Waals surface area contributed by atoms with Crippen molar-refractivity contribution in [2.45, 2.75) is 45.6 Å². The highest BCUT2D eigenvalue weighted by molar-refractivity contribution is 6.31. The van der Waals surface area contributed by atoms with E-state index in [4.69, 9.17) is 16.3 Å². The second-order valence-electron chi connectivity index (χ2n) is 7.06. The van der Waals surface area contributed by atoms with Gasteiger partial charge in [0, 0.05) is 16.5 Å². The molecule has 1 aliphatic carbocycles. The topological polar surface area (TPSA) is 68.3 Å². The molecule has 138 valence electrons. The molecular formula is C20H23ClN2O3. The number of fused-ring (bicyclic) bond motifs is 1. The zero-order chi connectivity index (χ0) is 18.7. The molecule has 6 heteroatoms. The second kappa shape index (κ2) is 8.04. The third kappa shape index (κ3) is 4.52. The van der Waals surface area contributed by atoms with Crippen molar-refractivity contribution in [1.29, 1.82) is 0 Å². The largest absolute Gasteiger partial charge is 0.452 e. The molecule has 0 unspecified atom stereocenters. The van der Waals surface area contributed by atoms with Crippen LogP contribution in [0.5, 0.6) is 0 Å². The van der Waals surface area contributed by atoms with Crippen molar-refractivity contribution < 1.29 is 14.3 Å². The maximum Gasteiger partial charge on any atom is 0.340 e. The number of hydrogen-bond acceptors (Lipinski definition) is 4. The number of nitrogens with one attached hydrogen (secondary N) is 1. The maximum absolute atomic E-state index is 12.4. The Balaban J connectivity index is 1.60. The highest BCUT2D eigenvalue weighted by Gasteiger charge is 2.21. The minimum atomic E-state index is -0.552. The molecule has 0 aliphatic heterocycles. The number of carbonyl (C=O) groups is 2. The Kier molecular flexibility index (Phi) is 5.77. The number of benzene rings is 1. The summed E-state index contributed by atoms with van der Waals surface area (Å²) >= 11 is 6.00. The molecule has 1 aromatic heterocycles. The summed E-state index contributed by atoms with van der Waals surface area (Å²) in [4.78, 5) is 28.8. The van der Waals surface area contributed by atoms with Crippen molar-refractivity contribution in [2.75, 3.05) is 6.61 Å². The first-order chi connectivity index (χ1) is 12.4. The molecule has 0 saturated heterocycles. The fourth-order valence-electron chi connectivity index (χ4n) is 3.33. The van der Waals surface area contributed by atoms with Gasteiger partial charge in [-0.05, 0) is 62.8 Å². The number of aromatic nitrogens is 1. The lowest BCUT2D eigenvalue weighted by atomic mass is 9.87. The first-order valence-corrected chi connectivity index (χ1v) is 9.33. The van der Waals surface area contributed by atoms with E-state index in [9.17, 15) is 9.59 Å². The number of carbonyl (C=O) groups excluding carboxylic acids is 2. The van der Waals surface area contributed by atoms with Gasteiger partial charge in [0.15, 0.2) is 6.61 Å².